The summed E-state index contributed by atoms with van der Waals surface area (Å²) in [6.45, 7) is 4.00. The van der Waals surface area contributed by atoms with E-state index >= 15 is 0 Å². The van der Waals surface area contributed by atoms with Gasteiger partial charge in [0, 0.05) is 18.6 Å². The van der Waals surface area contributed by atoms with Crippen molar-refractivity contribution in [2.24, 2.45) is 0 Å². The predicted octanol–water partition coefficient (Wildman–Crippen LogP) is 2.29. The van der Waals surface area contributed by atoms with Crippen molar-refractivity contribution in [1.29, 1.82) is 0 Å². The van der Waals surface area contributed by atoms with Gasteiger partial charge in [0.15, 0.2) is 5.82 Å². The summed E-state index contributed by atoms with van der Waals surface area (Å²) in [4.78, 5) is 4.12. The highest BCUT2D eigenvalue weighted by Gasteiger charge is 1.92. The fourth-order valence-electron chi connectivity index (χ4n) is 0.894. The van der Waals surface area contributed by atoms with Gasteiger partial charge in [-0.2, -0.15) is 5.10 Å². The molecule has 0 atom stereocenters. The lowest BCUT2D eigenvalue weighted by Crippen LogP contribution is -1.95. The van der Waals surface area contributed by atoms with Crippen molar-refractivity contribution >= 4 is 0 Å². The van der Waals surface area contributed by atoms with Crippen LogP contribution in [0.15, 0.2) is 42.9 Å². The fraction of sp³-hybridized carbons (Fsp3) is 0.200. The second-order valence-electron chi connectivity index (χ2n) is 2.14. The largest absolute Gasteiger partial charge is 0.237 e. The van der Waals surface area contributed by atoms with Gasteiger partial charge in [0.2, 0.25) is 0 Å². The first-order valence-corrected chi connectivity index (χ1v) is 4.38. The van der Waals surface area contributed by atoms with Gasteiger partial charge in [-0.05, 0) is 18.2 Å². The second kappa shape index (κ2) is 5.09. The van der Waals surface area contributed by atoms with Crippen LogP contribution in [0.4, 0.5) is 0 Å². The van der Waals surface area contributed by atoms with Crippen LogP contribution in [-0.2, 0) is 0 Å². The minimum absolute atomic E-state index is 0.845. The molecular weight excluding hydrogens is 162 g/mol. The monoisotopic (exact) mass is 175 g/mol. The van der Waals surface area contributed by atoms with Crippen LogP contribution < -0.4 is 0 Å². The van der Waals surface area contributed by atoms with Crippen molar-refractivity contribution in [3.8, 4) is 5.82 Å². The molecule has 0 unspecified atom stereocenters. The number of aromatic nitrogens is 3. The maximum atomic E-state index is 4.12. The van der Waals surface area contributed by atoms with E-state index in [1.807, 2.05) is 44.3 Å². The topological polar surface area (TPSA) is 30.7 Å². The van der Waals surface area contributed by atoms with Gasteiger partial charge in [0.05, 0.1) is 0 Å². The van der Waals surface area contributed by atoms with Crippen LogP contribution >= 0.6 is 0 Å². The molecule has 2 rings (SSSR count). The molecule has 0 aliphatic heterocycles. The molecule has 3 heteroatoms. The number of rotatable bonds is 1. The molecule has 0 spiro atoms. The molecule has 0 saturated heterocycles. The summed E-state index contributed by atoms with van der Waals surface area (Å²) in [5.74, 6) is 0.845. The molecule has 0 aliphatic carbocycles. The third-order valence-electron chi connectivity index (χ3n) is 1.39. The van der Waals surface area contributed by atoms with Gasteiger partial charge in [0.25, 0.3) is 0 Å². The first-order chi connectivity index (χ1) is 6.47. The van der Waals surface area contributed by atoms with Crippen LogP contribution in [0.2, 0.25) is 0 Å². The maximum Gasteiger partial charge on any atom is 0.153 e. The number of hydrogen-bond acceptors (Lipinski definition) is 2. The van der Waals surface area contributed by atoms with Crippen molar-refractivity contribution in [3.63, 3.8) is 0 Å². The molecule has 0 radical (unpaired) electrons. The lowest BCUT2D eigenvalue weighted by molar-refractivity contribution is 0.847. The molecule has 0 saturated carbocycles. The standard InChI is InChI=1S/C8H7N3.C2H6/c1-2-5-9-8(4-1)11-7-3-6-10-11;1-2/h1-7H;1-2H3. The van der Waals surface area contributed by atoms with Crippen LogP contribution in [0.3, 0.4) is 0 Å². The van der Waals surface area contributed by atoms with Crippen LogP contribution in [0.1, 0.15) is 13.8 Å². The average molecular weight is 175 g/mol. The Morgan fingerprint density at radius 2 is 1.92 bits per heavy atom. The molecule has 3 nitrogen and oxygen atoms in total. The van der Waals surface area contributed by atoms with Gasteiger partial charge in [-0.3, -0.25) is 0 Å². The molecule has 0 N–H and O–H groups in total. The van der Waals surface area contributed by atoms with E-state index in [2.05, 4.69) is 10.1 Å². The van der Waals surface area contributed by atoms with E-state index in [0.29, 0.717) is 0 Å². The second-order valence-corrected chi connectivity index (χ2v) is 2.14. The summed E-state index contributed by atoms with van der Waals surface area (Å²) in [7, 11) is 0. The van der Waals surface area contributed by atoms with E-state index in [1.54, 1.807) is 17.1 Å². The van der Waals surface area contributed by atoms with Crippen LogP contribution in [0.5, 0.6) is 0 Å². The molecule has 0 bridgehead atoms. The molecule has 0 amide bonds. The summed E-state index contributed by atoms with van der Waals surface area (Å²) >= 11 is 0. The summed E-state index contributed by atoms with van der Waals surface area (Å²) in [5.41, 5.74) is 0. The Bertz CT molecular complexity index is 313. The Morgan fingerprint density at radius 1 is 1.08 bits per heavy atom. The minimum atomic E-state index is 0.845. The molecule has 0 fully saturated rings. The molecular formula is C10H13N3. The lowest BCUT2D eigenvalue weighted by Gasteiger charge is -1.96. The Hall–Kier alpha value is -1.64. The molecule has 0 aliphatic rings. The van der Waals surface area contributed by atoms with E-state index in [4.69, 9.17) is 0 Å². The molecule has 2 heterocycles. The van der Waals surface area contributed by atoms with Crippen molar-refractivity contribution in [2.45, 2.75) is 13.8 Å². The maximum absolute atomic E-state index is 4.12. The summed E-state index contributed by atoms with van der Waals surface area (Å²) in [6.07, 6.45) is 5.34. The van der Waals surface area contributed by atoms with E-state index in [1.165, 1.54) is 0 Å². The van der Waals surface area contributed by atoms with Crippen LogP contribution in [0.25, 0.3) is 5.82 Å². The van der Waals surface area contributed by atoms with Crippen LogP contribution in [-0.4, -0.2) is 14.8 Å². The predicted molar refractivity (Wildman–Crippen MR) is 52.7 cm³/mol. The van der Waals surface area contributed by atoms with Crippen LogP contribution in [0, 0.1) is 0 Å². The summed E-state index contributed by atoms with van der Waals surface area (Å²) in [5, 5.41) is 4.04. The highest BCUT2D eigenvalue weighted by atomic mass is 15.3. The average Bonchev–Trinajstić information content (AvgIpc) is 2.75. The van der Waals surface area contributed by atoms with Gasteiger partial charge in [-0.1, -0.05) is 19.9 Å². The van der Waals surface area contributed by atoms with Gasteiger partial charge in [-0.25, -0.2) is 9.67 Å². The van der Waals surface area contributed by atoms with E-state index in [0.717, 1.165) is 5.82 Å². The first-order valence-electron chi connectivity index (χ1n) is 4.38. The highest BCUT2D eigenvalue weighted by molar-refractivity contribution is 5.19. The Kier molecular flexibility index (Phi) is 3.70. The quantitative estimate of drug-likeness (QED) is 0.665. The zero-order valence-corrected chi connectivity index (χ0v) is 7.88. The molecule has 2 aromatic rings. The molecule has 0 aromatic carbocycles. The lowest BCUT2D eigenvalue weighted by atomic mass is 10.5. The van der Waals surface area contributed by atoms with Crippen molar-refractivity contribution in [2.75, 3.05) is 0 Å². The zero-order chi connectivity index (χ0) is 9.52. The van der Waals surface area contributed by atoms with Crippen molar-refractivity contribution in [1.82, 2.24) is 14.8 Å². The van der Waals surface area contributed by atoms with E-state index < -0.39 is 0 Å². The van der Waals surface area contributed by atoms with Gasteiger partial charge < -0.3 is 0 Å². The summed E-state index contributed by atoms with van der Waals surface area (Å²) in [6, 6.07) is 7.60. The van der Waals surface area contributed by atoms with E-state index in [-0.39, 0.29) is 0 Å². The summed E-state index contributed by atoms with van der Waals surface area (Å²) < 4.78 is 1.72. The smallest absolute Gasteiger partial charge is 0.153 e. The van der Waals surface area contributed by atoms with Crippen molar-refractivity contribution < 1.29 is 0 Å². The highest BCUT2D eigenvalue weighted by Crippen LogP contribution is 1.98. The normalized spacial score (nSPS) is 8.77. The molecule has 2 aromatic heterocycles. The third-order valence-corrected chi connectivity index (χ3v) is 1.39. The Morgan fingerprint density at radius 3 is 2.46 bits per heavy atom. The number of pyridine rings is 1. The van der Waals surface area contributed by atoms with Gasteiger partial charge in [0.1, 0.15) is 0 Å². The number of nitrogens with zero attached hydrogens (tertiary/aromatic N) is 3. The van der Waals surface area contributed by atoms with Gasteiger partial charge in [-0.15, -0.1) is 0 Å². The molecule has 68 valence electrons. The number of hydrogen-bond donors (Lipinski definition) is 0. The Balaban J connectivity index is 0.000000396. The van der Waals surface area contributed by atoms with E-state index in [9.17, 15) is 0 Å². The Labute approximate surface area is 78.1 Å². The molecule has 13 heavy (non-hydrogen) atoms. The van der Waals surface area contributed by atoms with Gasteiger partial charge >= 0.3 is 0 Å². The third kappa shape index (κ3) is 2.40. The minimum Gasteiger partial charge on any atom is -0.237 e. The SMILES string of the molecule is CC.c1ccc(-n2cccn2)nc1. The fourth-order valence-corrected chi connectivity index (χ4v) is 0.894. The van der Waals surface area contributed by atoms with Crippen molar-refractivity contribution in [3.05, 3.63) is 42.9 Å². The first kappa shape index (κ1) is 9.45. The zero-order valence-electron chi connectivity index (χ0n) is 7.88.